The molecular formula is C18H16N2O4S. The lowest BCUT2D eigenvalue weighted by Gasteiger charge is -2.08. The molecule has 1 aromatic carbocycles. The first-order valence-electron chi connectivity index (χ1n) is 7.51. The van der Waals surface area contributed by atoms with Gasteiger partial charge in [0.25, 0.3) is 0 Å². The van der Waals surface area contributed by atoms with Gasteiger partial charge in [0.05, 0.1) is 24.1 Å². The molecule has 0 unspecified atom stereocenters. The van der Waals surface area contributed by atoms with Crippen LogP contribution in [0.4, 0.5) is 5.69 Å². The predicted molar refractivity (Wildman–Crippen MR) is 95.1 cm³/mol. The van der Waals surface area contributed by atoms with Crippen molar-refractivity contribution in [3.05, 3.63) is 60.8 Å². The van der Waals surface area contributed by atoms with E-state index in [1.807, 2.05) is 18.4 Å². The number of thioether (sulfide) groups is 1. The zero-order valence-corrected chi connectivity index (χ0v) is 14.3. The number of hydrogen-bond acceptors (Lipinski definition) is 5. The maximum absolute atomic E-state index is 12.0. The Balaban J connectivity index is 1.56. The Hall–Kier alpha value is -2.93. The molecule has 3 aromatic rings. The number of carbonyl (C=O) groups excluding carboxylic acids is 2. The molecule has 3 rings (SSSR count). The van der Waals surface area contributed by atoms with Crippen LogP contribution in [0.25, 0.3) is 11.3 Å². The van der Waals surface area contributed by atoms with Crippen molar-refractivity contribution in [2.75, 3.05) is 11.6 Å². The Kier molecular flexibility index (Phi) is 5.25. The van der Waals surface area contributed by atoms with E-state index in [9.17, 15) is 9.59 Å². The van der Waals surface area contributed by atoms with Crippen molar-refractivity contribution in [2.45, 2.75) is 11.4 Å². The third kappa shape index (κ3) is 4.13. The lowest BCUT2D eigenvalue weighted by atomic mass is 10.3. The molecule has 2 amide bonds. The second-order valence-electron chi connectivity index (χ2n) is 5.12. The van der Waals surface area contributed by atoms with E-state index >= 15 is 0 Å². The molecular weight excluding hydrogens is 340 g/mol. The molecule has 0 atom stereocenters. The van der Waals surface area contributed by atoms with Gasteiger partial charge in [-0.25, -0.2) is 0 Å². The molecule has 0 aliphatic rings. The SMILES string of the molecule is CSc1ccccc1NC(=O)C(=O)NCc1ccc(-c2ccoc2)o1. The molecule has 128 valence electrons. The Morgan fingerprint density at radius 1 is 1.08 bits per heavy atom. The van der Waals surface area contributed by atoms with E-state index in [0.29, 0.717) is 17.2 Å². The summed E-state index contributed by atoms with van der Waals surface area (Å²) in [4.78, 5) is 24.9. The van der Waals surface area contributed by atoms with Crippen LogP contribution in [-0.4, -0.2) is 18.1 Å². The lowest BCUT2D eigenvalue weighted by molar-refractivity contribution is -0.136. The molecule has 0 saturated heterocycles. The van der Waals surface area contributed by atoms with Crippen LogP contribution in [0.1, 0.15) is 5.76 Å². The number of amides is 2. The van der Waals surface area contributed by atoms with E-state index in [4.69, 9.17) is 8.83 Å². The summed E-state index contributed by atoms with van der Waals surface area (Å²) in [6.45, 7) is 0.119. The van der Waals surface area contributed by atoms with E-state index in [-0.39, 0.29) is 6.54 Å². The van der Waals surface area contributed by atoms with Crippen molar-refractivity contribution in [3.8, 4) is 11.3 Å². The Morgan fingerprint density at radius 2 is 1.92 bits per heavy atom. The standard InChI is InChI=1S/C18H16N2O4S/c1-25-16-5-3-2-4-14(16)20-18(22)17(21)19-10-13-6-7-15(24-13)12-8-9-23-11-12/h2-9,11H,10H2,1H3,(H,19,21)(H,20,22). The first kappa shape index (κ1) is 16.9. The lowest BCUT2D eigenvalue weighted by Crippen LogP contribution is -2.35. The summed E-state index contributed by atoms with van der Waals surface area (Å²) in [6, 6.07) is 12.6. The minimum atomic E-state index is -0.725. The summed E-state index contributed by atoms with van der Waals surface area (Å²) < 4.78 is 10.6. The van der Waals surface area contributed by atoms with Crippen LogP contribution in [0, 0.1) is 0 Å². The fourth-order valence-electron chi connectivity index (χ4n) is 2.21. The summed E-state index contributed by atoms with van der Waals surface area (Å²) in [6.07, 6.45) is 5.02. The second-order valence-corrected chi connectivity index (χ2v) is 5.96. The minimum absolute atomic E-state index is 0.119. The van der Waals surface area contributed by atoms with Gasteiger partial charge < -0.3 is 19.5 Å². The maximum Gasteiger partial charge on any atom is 0.313 e. The minimum Gasteiger partial charge on any atom is -0.472 e. The van der Waals surface area contributed by atoms with Gasteiger partial charge >= 0.3 is 11.8 Å². The van der Waals surface area contributed by atoms with E-state index in [1.54, 1.807) is 42.9 Å². The summed E-state index contributed by atoms with van der Waals surface area (Å²) >= 11 is 1.49. The predicted octanol–water partition coefficient (Wildman–Crippen LogP) is 3.52. The van der Waals surface area contributed by atoms with Crippen LogP contribution in [0.15, 0.2) is 68.7 Å². The van der Waals surface area contributed by atoms with Crippen LogP contribution in [0.5, 0.6) is 0 Å². The smallest absolute Gasteiger partial charge is 0.313 e. The highest BCUT2D eigenvalue weighted by molar-refractivity contribution is 7.98. The number of carbonyl (C=O) groups is 2. The Labute approximate surface area is 148 Å². The number of hydrogen-bond donors (Lipinski definition) is 2. The average Bonchev–Trinajstić information content (AvgIpc) is 3.31. The topological polar surface area (TPSA) is 84.5 Å². The molecule has 7 heteroatoms. The van der Waals surface area contributed by atoms with Crippen LogP contribution >= 0.6 is 11.8 Å². The Morgan fingerprint density at radius 3 is 2.68 bits per heavy atom. The average molecular weight is 356 g/mol. The van der Waals surface area contributed by atoms with E-state index in [2.05, 4.69) is 10.6 Å². The zero-order valence-electron chi connectivity index (χ0n) is 13.4. The number of benzene rings is 1. The van der Waals surface area contributed by atoms with Crippen molar-refractivity contribution in [2.24, 2.45) is 0 Å². The highest BCUT2D eigenvalue weighted by atomic mass is 32.2. The summed E-state index contributed by atoms with van der Waals surface area (Å²) in [5, 5.41) is 5.15. The van der Waals surface area contributed by atoms with Gasteiger partial charge in [0.1, 0.15) is 17.8 Å². The molecule has 2 heterocycles. The molecule has 0 radical (unpaired) electrons. The number of furan rings is 2. The molecule has 6 nitrogen and oxygen atoms in total. The van der Waals surface area contributed by atoms with Crippen LogP contribution in [0.3, 0.4) is 0 Å². The third-order valence-electron chi connectivity index (χ3n) is 3.45. The second kappa shape index (κ2) is 7.76. The Bertz CT molecular complexity index is 871. The number of rotatable bonds is 5. The van der Waals surface area contributed by atoms with Crippen LogP contribution in [0.2, 0.25) is 0 Å². The van der Waals surface area contributed by atoms with Gasteiger partial charge in [-0.05, 0) is 36.6 Å². The van der Waals surface area contributed by atoms with Gasteiger partial charge in [0.15, 0.2) is 0 Å². The van der Waals surface area contributed by atoms with Crippen molar-refractivity contribution < 1.29 is 18.4 Å². The van der Waals surface area contributed by atoms with E-state index < -0.39 is 11.8 Å². The van der Waals surface area contributed by atoms with E-state index in [1.165, 1.54) is 11.8 Å². The van der Waals surface area contributed by atoms with Crippen molar-refractivity contribution in [3.63, 3.8) is 0 Å². The summed E-state index contributed by atoms with van der Waals surface area (Å²) in [5.41, 5.74) is 1.42. The number of nitrogens with one attached hydrogen (secondary N) is 2. The maximum atomic E-state index is 12.0. The monoisotopic (exact) mass is 356 g/mol. The van der Waals surface area contributed by atoms with Gasteiger partial charge in [-0.1, -0.05) is 12.1 Å². The highest BCUT2D eigenvalue weighted by Crippen LogP contribution is 2.24. The first-order chi connectivity index (χ1) is 12.2. The van der Waals surface area contributed by atoms with Crippen LogP contribution in [-0.2, 0) is 16.1 Å². The highest BCUT2D eigenvalue weighted by Gasteiger charge is 2.15. The quantitative estimate of drug-likeness (QED) is 0.540. The third-order valence-corrected chi connectivity index (χ3v) is 4.25. The first-order valence-corrected chi connectivity index (χ1v) is 8.73. The zero-order chi connectivity index (χ0) is 17.6. The van der Waals surface area contributed by atoms with Crippen molar-refractivity contribution >= 4 is 29.3 Å². The fourth-order valence-corrected chi connectivity index (χ4v) is 2.76. The molecule has 2 aromatic heterocycles. The van der Waals surface area contributed by atoms with Gasteiger partial charge in [0.2, 0.25) is 0 Å². The molecule has 0 aliphatic heterocycles. The van der Waals surface area contributed by atoms with Gasteiger partial charge in [0, 0.05) is 4.90 Å². The normalized spacial score (nSPS) is 10.4. The van der Waals surface area contributed by atoms with Gasteiger partial charge in [-0.2, -0.15) is 0 Å². The largest absolute Gasteiger partial charge is 0.472 e. The molecule has 0 spiro atoms. The molecule has 2 N–H and O–H groups in total. The molecule has 25 heavy (non-hydrogen) atoms. The van der Waals surface area contributed by atoms with Gasteiger partial charge in [-0.3, -0.25) is 9.59 Å². The molecule has 0 fully saturated rings. The van der Waals surface area contributed by atoms with E-state index in [0.717, 1.165) is 10.5 Å². The van der Waals surface area contributed by atoms with Crippen molar-refractivity contribution in [1.29, 1.82) is 0 Å². The number of para-hydroxylation sites is 1. The van der Waals surface area contributed by atoms with Crippen LogP contribution < -0.4 is 10.6 Å². The fraction of sp³-hybridized carbons (Fsp3) is 0.111. The molecule has 0 aliphatic carbocycles. The summed E-state index contributed by atoms with van der Waals surface area (Å²) in [5.74, 6) is -0.265. The molecule has 0 bridgehead atoms. The number of anilines is 1. The van der Waals surface area contributed by atoms with Gasteiger partial charge in [-0.15, -0.1) is 11.8 Å². The summed E-state index contributed by atoms with van der Waals surface area (Å²) in [7, 11) is 0. The molecule has 0 saturated carbocycles. The van der Waals surface area contributed by atoms with Crippen molar-refractivity contribution in [1.82, 2.24) is 5.32 Å².